The summed E-state index contributed by atoms with van der Waals surface area (Å²) in [7, 11) is 0. The second-order valence-corrected chi connectivity index (χ2v) is 5.26. The van der Waals surface area contributed by atoms with Gasteiger partial charge in [0, 0.05) is 31.9 Å². The zero-order valence-corrected chi connectivity index (χ0v) is 12.4. The molecular weight excluding hydrogens is 252 g/mol. The van der Waals surface area contributed by atoms with Gasteiger partial charge in [0.2, 0.25) is 0 Å². The first-order valence-electron chi connectivity index (χ1n) is 7.46. The van der Waals surface area contributed by atoms with E-state index < -0.39 is 0 Å². The van der Waals surface area contributed by atoms with E-state index in [1.54, 1.807) is 0 Å². The Morgan fingerprint density at radius 3 is 3.05 bits per heavy atom. The third-order valence-electron chi connectivity index (χ3n) is 3.46. The molecule has 1 aromatic rings. The maximum Gasteiger partial charge on any atom is 0.256 e. The molecule has 0 aliphatic carbocycles. The van der Waals surface area contributed by atoms with Crippen LogP contribution < -0.4 is 5.32 Å². The van der Waals surface area contributed by atoms with Crippen LogP contribution in [0.5, 0.6) is 0 Å². The van der Waals surface area contributed by atoms with Crippen molar-refractivity contribution in [3.8, 4) is 0 Å². The van der Waals surface area contributed by atoms with E-state index in [0.717, 1.165) is 43.8 Å². The molecule has 2 rings (SSSR count). The first kappa shape index (κ1) is 14.9. The molecule has 0 radical (unpaired) electrons. The maximum absolute atomic E-state index is 12.7. The van der Waals surface area contributed by atoms with Crippen molar-refractivity contribution in [2.24, 2.45) is 0 Å². The Morgan fingerprint density at radius 1 is 1.45 bits per heavy atom. The second kappa shape index (κ2) is 7.29. The van der Waals surface area contributed by atoms with Gasteiger partial charge in [-0.05, 0) is 31.9 Å². The molecular formula is C16H24N2O2. The molecule has 1 aliphatic heterocycles. The summed E-state index contributed by atoms with van der Waals surface area (Å²) >= 11 is 0. The summed E-state index contributed by atoms with van der Waals surface area (Å²) < 4.78 is 5.60. The molecule has 110 valence electrons. The van der Waals surface area contributed by atoms with Crippen LogP contribution in [0.2, 0.25) is 0 Å². The molecule has 20 heavy (non-hydrogen) atoms. The van der Waals surface area contributed by atoms with E-state index >= 15 is 0 Å². The predicted octanol–water partition coefficient (Wildman–Crippen LogP) is 2.76. The van der Waals surface area contributed by atoms with Crippen LogP contribution >= 0.6 is 0 Å². The molecule has 0 aromatic heterocycles. The normalized spacial score (nSPS) is 19.5. The number of hydrogen-bond acceptors (Lipinski definition) is 3. The van der Waals surface area contributed by atoms with Crippen molar-refractivity contribution in [3.05, 3.63) is 29.8 Å². The Morgan fingerprint density at radius 2 is 2.25 bits per heavy atom. The third-order valence-corrected chi connectivity index (χ3v) is 3.46. The summed E-state index contributed by atoms with van der Waals surface area (Å²) in [6.45, 7) is 7.19. The molecule has 1 aliphatic rings. The Kier molecular flexibility index (Phi) is 5.41. The fourth-order valence-electron chi connectivity index (χ4n) is 2.43. The zero-order chi connectivity index (χ0) is 14.4. The lowest BCUT2D eigenvalue weighted by atomic mass is 10.1. The molecule has 4 heteroatoms. The van der Waals surface area contributed by atoms with Crippen molar-refractivity contribution in [2.45, 2.75) is 32.8 Å². The van der Waals surface area contributed by atoms with Crippen LogP contribution in [0.3, 0.4) is 0 Å². The van der Waals surface area contributed by atoms with Gasteiger partial charge in [-0.2, -0.15) is 0 Å². The van der Waals surface area contributed by atoms with Crippen LogP contribution in [0.25, 0.3) is 0 Å². The molecule has 0 spiro atoms. The second-order valence-electron chi connectivity index (χ2n) is 5.26. The molecule has 1 atom stereocenters. The average Bonchev–Trinajstić information content (AvgIpc) is 2.69. The Labute approximate surface area is 121 Å². The number of carbonyl (C=O) groups excluding carboxylic acids is 1. The highest BCUT2D eigenvalue weighted by molar-refractivity contribution is 5.99. The van der Waals surface area contributed by atoms with Crippen molar-refractivity contribution in [2.75, 3.05) is 31.6 Å². The van der Waals surface area contributed by atoms with Gasteiger partial charge in [0.1, 0.15) is 0 Å². The number of carbonyl (C=O) groups is 1. The number of nitrogens with zero attached hydrogens (tertiary/aromatic N) is 1. The van der Waals surface area contributed by atoms with Gasteiger partial charge in [-0.15, -0.1) is 0 Å². The molecule has 1 N–H and O–H groups in total. The van der Waals surface area contributed by atoms with Gasteiger partial charge in [-0.3, -0.25) is 4.79 Å². The lowest BCUT2D eigenvalue weighted by Crippen LogP contribution is -2.36. The number of para-hydroxylation sites is 1. The van der Waals surface area contributed by atoms with Gasteiger partial charge in [-0.1, -0.05) is 19.1 Å². The molecule has 1 heterocycles. The van der Waals surface area contributed by atoms with Gasteiger partial charge in [0.05, 0.1) is 11.7 Å². The van der Waals surface area contributed by atoms with Crippen molar-refractivity contribution in [1.82, 2.24) is 4.90 Å². The molecule has 4 nitrogen and oxygen atoms in total. The number of hydrogen-bond donors (Lipinski definition) is 1. The quantitative estimate of drug-likeness (QED) is 0.919. The van der Waals surface area contributed by atoms with E-state index in [1.165, 1.54) is 0 Å². The third kappa shape index (κ3) is 3.73. The van der Waals surface area contributed by atoms with Crippen LogP contribution in [-0.2, 0) is 4.74 Å². The SMILES string of the molecule is CCCNc1ccccc1C(=O)N1CCCOC(C)C1. The fourth-order valence-corrected chi connectivity index (χ4v) is 2.43. The van der Waals surface area contributed by atoms with Gasteiger partial charge in [-0.25, -0.2) is 0 Å². The number of nitrogens with one attached hydrogen (secondary N) is 1. The lowest BCUT2D eigenvalue weighted by Gasteiger charge is -2.23. The van der Waals surface area contributed by atoms with Crippen LogP contribution in [0.15, 0.2) is 24.3 Å². The molecule has 0 bridgehead atoms. The number of ether oxygens (including phenoxy) is 1. The van der Waals surface area contributed by atoms with Gasteiger partial charge in [0.15, 0.2) is 0 Å². The van der Waals surface area contributed by atoms with Gasteiger partial charge < -0.3 is 15.0 Å². The maximum atomic E-state index is 12.7. The summed E-state index contributed by atoms with van der Waals surface area (Å²) in [6, 6.07) is 7.75. The minimum absolute atomic E-state index is 0.0987. The summed E-state index contributed by atoms with van der Waals surface area (Å²) in [5.41, 5.74) is 1.69. The molecule has 1 fully saturated rings. The van der Waals surface area contributed by atoms with Gasteiger partial charge >= 0.3 is 0 Å². The van der Waals surface area contributed by atoms with E-state index in [-0.39, 0.29) is 12.0 Å². The van der Waals surface area contributed by atoms with E-state index in [0.29, 0.717) is 6.54 Å². The Balaban J connectivity index is 2.15. The van der Waals surface area contributed by atoms with Crippen LogP contribution in [0, 0.1) is 0 Å². The van der Waals surface area contributed by atoms with E-state index in [4.69, 9.17) is 4.74 Å². The van der Waals surface area contributed by atoms with E-state index in [2.05, 4.69) is 12.2 Å². The van der Waals surface area contributed by atoms with Crippen LogP contribution in [0.4, 0.5) is 5.69 Å². The standard InChI is InChI=1S/C16H24N2O2/c1-3-9-17-15-8-5-4-7-14(15)16(19)18-10-6-11-20-13(2)12-18/h4-5,7-8,13,17H,3,6,9-12H2,1-2H3. The summed E-state index contributed by atoms with van der Waals surface area (Å²) in [5.74, 6) is 0.0987. The topological polar surface area (TPSA) is 41.6 Å². The summed E-state index contributed by atoms with van der Waals surface area (Å²) in [4.78, 5) is 14.6. The predicted molar refractivity (Wildman–Crippen MR) is 81.2 cm³/mol. The van der Waals surface area contributed by atoms with Crippen LogP contribution in [-0.4, -0.2) is 43.2 Å². The van der Waals surface area contributed by atoms with E-state index in [1.807, 2.05) is 36.1 Å². The number of anilines is 1. The number of amides is 1. The lowest BCUT2D eigenvalue weighted by molar-refractivity contribution is 0.0563. The summed E-state index contributed by atoms with van der Waals surface area (Å²) in [5, 5.41) is 3.33. The minimum atomic E-state index is 0.0987. The first-order valence-corrected chi connectivity index (χ1v) is 7.46. The fraction of sp³-hybridized carbons (Fsp3) is 0.562. The largest absolute Gasteiger partial charge is 0.384 e. The number of rotatable bonds is 4. The number of benzene rings is 1. The van der Waals surface area contributed by atoms with Crippen molar-refractivity contribution in [3.63, 3.8) is 0 Å². The molecule has 1 unspecified atom stereocenters. The van der Waals surface area contributed by atoms with Crippen molar-refractivity contribution in [1.29, 1.82) is 0 Å². The highest BCUT2D eigenvalue weighted by Crippen LogP contribution is 2.19. The Hall–Kier alpha value is -1.55. The summed E-state index contributed by atoms with van der Waals surface area (Å²) in [6.07, 6.45) is 2.05. The van der Waals surface area contributed by atoms with Gasteiger partial charge in [0.25, 0.3) is 5.91 Å². The van der Waals surface area contributed by atoms with Crippen LogP contribution in [0.1, 0.15) is 37.0 Å². The highest BCUT2D eigenvalue weighted by Gasteiger charge is 2.22. The molecule has 1 aromatic carbocycles. The minimum Gasteiger partial charge on any atom is -0.384 e. The highest BCUT2D eigenvalue weighted by atomic mass is 16.5. The zero-order valence-electron chi connectivity index (χ0n) is 12.4. The Bertz CT molecular complexity index is 448. The monoisotopic (exact) mass is 276 g/mol. The van der Waals surface area contributed by atoms with E-state index in [9.17, 15) is 4.79 Å². The first-order chi connectivity index (χ1) is 9.72. The molecule has 1 saturated heterocycles. The average molecular weight is 276 g/mol. The van der Waals surface area contributed by atoms with Crippen molar-refractivity contribution >= 4 is 11.6 Å². The molecule has 1 amide bonds. The smallest absolute Gasteiger partial charge is 0.256 e. The molecule has 0 saturated carbocycles. The van der Waals surface area contributed by atoms with Crippen molar-refractivity contribution < 1.29 is 9.53 Å².